The predicted octanol–water partition coefficient (Wildman–Crippen LogP) is 4.59. The summed E-state index contributed by atoms with van der Waals surface area (Å²) in [5.41, 5.74) is -1.90. The minimum atomic E-state index is -4.84. The number of carbonyl (C=O) groups excluding carboxylic acids is 1. The highest BCUT2D eigenvalue weighted by molar-refractivity contribution is 5.68. The van der Waals surface area contributed by atoms with Crippen molar-refractivity contribution in [1.82, 2.24) is 4.90 Å². The average Bonchev–Trinajstić information content (AvgIpc) is 2.66. The predicted molar refractivity (Wildman–Crippen MR) is 92.7 cm³/mol. The van der Waals surface area contributed by atoms with E-state index < -0.39 is 42.6 Å². The molecule has 1 aliphatic rings. The maximum absolute atomic E-state index is 13.3. The van der Waals surface area contributed by atoms with Crippen molar-refractivity contribution < 1.29 is 32.2 Å². The normalized spacial score (nSPS) is 22.8. The molecule has 0 spiro atoms. The van der Waals surface area contributed by atoms with E-state index in [9.17, 15) is 27.5 Å². The minimum absolute atomic E-state index is 0.0319. The Kier molecular flexibility index (Phi) is 5.60. The molecule has 0 bridgehead atoms. The van der Waals surface area contributed by atoms with Gasteiger partial charge in [0, 0.05) is 19.4 Å². The van der Waals surface area contributed by atoms with Gasteiger partial charge in [0.2, 0.25) is 0 Å². The van der Waals surface area contributed by atoms with Gasteiger partial charge in [-0.2, -0.15) is 13.2 Å². The van der Waals surface area contributed by atoms with Crippen LogP contribution in [-0.4, -0.2) is 34.4 Å². The van der Waals surface area contributed by atoms with Gasteiger partial charge < -0.3 is 14.7 Å². The number of ether oxygens (including phenoxy) is 1. The largest absolute Gasteiger partial charge is 0.445 e. The lowest BCUT2D eigenvalue weighted by Gasteiger charge is -2.44. The first-order valence-corrected chi connectivity index (χ1v) is 8.71. The lowest BCUT2D eigenvalue weighted by molar-refractivity contribution is -0.276. The van der Waals surface area contributed by atoms with Gasteiger partial charge in [-0.15, -0.1) is 0 Å². The van der Waals surface area contributed by atoms with Gasteiger partial charge >= 0.3 is 12.3 Å². The Morgan fingerprint density at radius 2 is 1.79 bits per heavy atom. The summed E-state index contributed by atoms with van der Waals surface area (Å²) < 4.78 is 58.5. The van der Waals surface area contributed by atoms with Crippen molar-refractivity contribution in [1.29, 1.82) is 0 Å². The van der Waals surface area contributed by atoms with E-state index in [-0.39, 0.29) is 13.2 Å². The molecule has 2 atom stereocenters. The summed E-state index contributed by atoms with van der Waals surface area (Å²) in [6.07, 6.45) is -7.04. The van der Waals surface area contributed by atoms with Gasteiger partial charge in [0.05, 0.1) is 6.04 Å². The van der Waals surface area contributed by atoms with E-state index in [4.69, 9.17) is 4.74 Å². The molecule has 4 nitrogen and oxygen atoms in total. The molecule has 1 N–H and O–H groups in total. The number of carbonyl (C=O) groups is 1. The number of nitrogens with zero attached hydrogens (tertiary/aromatic N) is 1. The molecule has 0 aliphatic carbocycles. The number of halogens is 4. The smallest absolute Gasteiger partial charge is 0.417 e. The number of amides is 1. The Bertz CT molecular complexity index is 810. The summed E-state index contributed by atoms with van der Waals surface area (Å²) in [6, 6.07) is 12.6. The van der Waals surface area contributed by atoms with Crippen molar-refractivity contribution >= 4 is 6.09 Å². The highest BCUT2D eigenvalue weighted by Crippen LogP contribution is 2.45. The van der Waals surface area contributed by atoms with Crippen molar-refractivity contribution in [2.75, 3.05) is 6.54 Å². The molecule has 0 aromatic heterocycles. The van der Waals surface area contributed by atoms with Gasteiger partial charge in [-0.3, -0.25) is 0 Å². The van der Waals surface area contributed by atoms with E-state index in [0.29, 0.717) is 5.56 Å². The molecule has 1 amide bonds. The maximum Gasteiger partial charge on any atom is 0.417 e. The second-order valence-corrected chi connectivity index (χ2v) is 6.78. The van der Waals surface area contributed by atoms with Crippen molar-refractivity contribution in [2.45, 2.75) is 37.3 Å². The Hall–Kier alpha value is -2.61. The summed E-state index contributed by atoms with van der Waals surface area (Å²) in [5.74, 6) is -0.552. The quantitative estimate of drug-likeness (QED) is 0.771. The van der Waals surface area contributed by atoms with Crippen LogP contribution < -0.4 is 0 Å². The highest BCUT2D eigenvalue weighted by atomic mass is 19.4. The number of benzene rings is 2. The molecule has 0 unspecified atom stereocenters. The third kappa shape index (κ3) is 4.27. The Morgan fingerprint density at radius 1 is 1.14 bits per heavy atom. The van der Waals surface area contributed by atoms with Crippen molar-refractivity contribution in [3.8, 4) is 0 Å². The molecular formula is C20H19F4NO3. The van der Waals surface area contributed by atoms with Crippen LogP contribution >= 0.6 is 0 Å². The summed E-state index contributed by atoms with van der Waals surface area (Å²) in [6.45, 7) is -0.373. The fraction of sp³-hybridized carbons (Fsp3) is 0.350. The molecule has 1 aliphatic heterocycles. The number of rotatable bonds is 3. The van der Waals surface area contributed by atoms with Gasteiger partial charge in [-0.25, -0.2) is 9.18 Å². The summed E-state index contributed by atoms with van der Waals surface area (Å²) in [4.78, 5) is 13.7. The van der Waals surface area contributed by atoms with Crippen LogP contribution in [0.5, 0.6) is 0 Å². The lowest BCUT2D eigenvalue weighted by atomic mass is 9.83. The van der Waals surface area contributed by atoms with E-state index in [1.54, 1.807) is 30.3 Å². The number of likely N-dealkylation sites (tertiary alicyclic amines) is 1. The average molecular weight is 397 g/mol. The molecule has 0 saturated carbocycles. The number of alkyl halides is 3. The first-order chi connectivity index (χ1) is 13.2. The van der Waals surface area contributed by atoms with Crippen molar-refractivity contribution in [3.05, 3.63) is 71.5 Å². The van der Waals surface area contributed by atoms with Gasteiger partial charge in [-0.1, -0.05) is 42.5 Å². The minimum Gasteiger partial charge on any atom is -0.445 e. The Morgan fingerprint density at radius 3 is 2.39 bits per heavy atom. The van der Waals surface area contributed by atoms with Crippen molar-refractivity contribution in [3.63, 3.8) is 0 Å². The topological polar surface area (TPSA) is 49.8 Å². The number of piperidine rings is 1. The second-order valence-electron chi connectivity index (χ2n) is 6.78. The molecule has 1 saturated heterocycles. The molecule has 0 radical (unpaired) electrons. The molecular weight excluding hydrogens is 378 g/mol. The number of aliphatic hydroxyl groups is 1. The van der Waals surface area contributed by atoms with Crippen LogP contribution in [0.4, 0.5) is 22.4 Å². The van der Waals surface area contributed by atoms with Gasteiger partial charge in [0.1, 0.15) is 12.4 Å². The molecule has 1 fully saturated rings. The van der Waals surface area contributed by atoms with Crippen LogP contribution in [0.1, 0.15) is 30.0 Å². The van der Waals surface area contributed by atoms with E-state index in [0.717, 1.165) is 22.6 Å². The summed E-state index contributed by atoms with van der Waals surface area (Å²) >= 11 is 0. The molecule has 150 valence electrons. The third-order valence-corrected chi connectivity index (χ3v) is 4.90. The molecule has 28 heavy (non-hydrogen) atoms. The fourth-order valence-corrected chi connectivity index (χ4v) is 3.25. The molecule has 2 aromatic rings. The van der Waals surface area contributed by atoms with Crippen LogP contribution in [0.2, 0.25) is 0 Å². The van der Waals surface area contributed by atoms with Crippen molar-refractivity contribution in [2.24, 2.45) is 0 Å². The maximum atomic E-state index is 13.3. The van der Waals surface area contributed by atoms with E-state index >= 15 is 0 Å². The van der Waals surface area contributed by atoms with Crippen LogP contribution in [0, 0.1) is 5.82 Å². The van der Waals surface area contributed by atoms with Crippen LogP contribution in [0.3, 0.4) is 0 Å². The standard InChI is InChI=1S/C20H19F4NO3/c21-16-8-6-15(7-9-16)17-12-19(27,20(22,23)24)10-11-25(17)18(26)28-13-14-4-2-1-3-5-14/h1-9,17,27H,10-13H2/t17-,19-/m1/s1. The van der Waals surface area contributed by atoms with E-state index in [1.807, 2.05) is 0 Å². The zero-order valence-electron chi connectivity index (χ0n) is 14.8. The third-order valence-electron chi connectivity index (χ3n) is 4.90. The first kappa shape index (κ1) is 20.1. The van der Waals surface area contributed by atoms with Gasteiger partial charge in [0.15, 0.2) is 5.60 Å². The Labute approximate surface area is 159 Å². The SMILES string of the molecule is O=C(OCc1ccccc1)N1CC[C@](O)(C(F)(F)F)C[C@@H]1c1ccc(F)cc1. The summed E-state index contributed by atoms with van der Waals surface area (Å²) in [7, 11) is 0. The first-order valence-electron chi connectivity index (χ1n) is 8.71. The van der Waals surface area contributed by atoms with Crippen LogP contribution in [-0.2, 0) is 11.3 Å². The second kappa shape index (κ2) is 7.79. The molecule has 2 aromatic carbocycles. The van der Waals surface area contributed by atoms with Crippen LogP contribution in [0.15, 0.2) is 54.6 Å². The highest BCUT2D eigenvalue weighted by Gasteiger charge is 2.57. The van der Waals surface area contributed by atoms with E-state index in [1.165, 1.54) is 12.1 Å². The molecule has 8 heteroatoms. The fourth-order valence-electron chi connectivity index (χ4n) is 3.25. The monoisotopic (exact) mass is 397 g/mol. The van der Waals surface area contributed by atoms with Gasteiger partial charge in [0.25, 0.3) is 0 Å². The Balaban J connectivity index is 1.81. The van der Waals surface area contributed by atoms with Crippen LogP contribution in [0.25, 0.3) is 0 Å². The number of hydrogen-bond donors (Lipinski definition) is 1. The number of hydrogen-bond acceptors (Lipinski definition) is 3. The summed E-state index contributed by atoms with van der Waals surface area (Å²) in [5, 5.41) is 10.1. The zero-order valence-corrected chi connectivity index (χ0v) is 14.8. The van der Waals surface area contributed by atoms with E-state index in [2.05, 4.69) is 0 Å². The van der Waals surface area contributed by atoms with Gasteiger partial charge in [-0.05, 0) is 23.3 Å². The zero-order chi connectivity index (χ0) is 20.4. The molecule has 3 rings (SSSR count). The molecule has 1 heterocycles. The lowest BCUT2D eigenvalue weighted by Crippen LogP contribution is -2.55.